The third-order valence-corrected chi connectivity index (χ3v) is 5.36. The van der Waals surface area contributed by atoms with Crippen LogP contribution in [-0.4, -0.2) is 37.0 Å². The molecular weight excluding hydrogens is 330 g/mol. The van der Waals surface area contributed by atoms with Crippen molar-refractivity contribution in [2.75, 3.05) is 20.2 Å². The number of ether oxygens (including phenoxy) is 2. The fourth-order valence-corrected chi connectivity index (χ4v) is 3.86. The summed E-state index contributed by atoms with van der Waals surface area (Å²) in [5.74, 6) is 0.629. The van der Waals surface area contributed by atoms with Gasteiger partial charge in [-0.3, -0.25) is 4.79 Å². The lowest BCUT2D eigenvalue weighted by molar-refractivity contribution is -0.134. The number of carbonyl (C=O) groups excluding carboxylic acids is 2. The van der Waals surface area contributed by atoms with E-state index >= 15 is 0 Å². The number of benzene rings is 2. The minimum atomic E-state index is -0.565. The number of rotatable bonds is 3. The van der Waals surface area contributed by atoms with Crippen LogP contribution in [0, 0.1) is 0 Å². The standard InChI is InChI=1S/C21H21NO4/c1-25-16-8-6-15(7-9-16)14-19(23)22-12-10-21(11-13-22)18-5-3-2-4-17(18)20(24)26-21/h2-9H,10-14H2,1H3. The Hall–Kier alpha value is -2.82. The second-order valence-corrected chi connectivity index (χ2v) is 6.84. The minimum Gasteiger partial charge on any atom is -0.497 e. The fraction of sp³-hybridized carbons (Fsp3) is 0.333. The maximum Gasteiger partial charge on any atom is 0.339 e. The number of hydrogen-bond acceptors (Lipinski definition) is 4. The Morgan fingerprint density at radius 3 is 2.50 bits per heavy atom. The Morgan fingerprint density at radius 1 is 1.12 bits per heavy atom. The second kappa shape index (κ2) is 6.48. The Bertz CT molecular complexity index is 835. The molecule has 0 saturated carbocycles. The van der Waals surface area contributed by atoms with E-state index in [-0.39, 0.29) is 11.9 Å². The van der Waals surface area contributed by atoms with Crippen molar-refractivity contribution in [1.82, 2.24) is 4.90 Å². The number of carbonyl (C=O) groups is 2. The maximum absolute atomic E-state index is 12.6. The van der Waals surface area contributed by atoms with Crippen LogP contribution < -0.4 is 4.74 Å². The highest BCUT2D eigenvalue weighted by molar-refractivity contribution is 5.94. The second-order valence-electron chi connectivity index (χ2n) is 6.84. The maximum atomic E-state index is 12.6. The summed E-state index contributed by atoms with van der Waals surface area (Å²) >= 11 is 0. The van der Waals surface area contributed by atoms with Crippen molar-refractivity contribution in [2.24, 2.45) is 0 Å². The number of piperidine rings is 1. The first-order chi connectivity index (χ1) is 12.6. The third kappa shape index (κ3) is 2.83. The highest BCUT2D eigenvalue weighted by Gasteiger charge is 2.47. The summed E-state index contributed by atoms with van der Waals surface area (Å²) in [6.07, 6.45) is 1.65. The molecule has 5 nitrogen and oxygen atoms in total. The van der Waals surface area contributed by atoms with E-state index in [2.05, 4.69) is 0 Å². The van der Waals surface area contributed by atoms with Gasteiger partial charge in [0.25, 0.3) is 0 Å². The number of hydrogen-bond donors (Lipinski definition) is 0. The van der Waals surface area contributed by atoms with Gasteiger partial charge in [0.2, 0.25) is 5.91 Å². The first kappa shape index (κ1) is 16.6. The normalized spacial score (nSPS) is 17.7. The lowest BCUT2D eigenvalue weighted by atomic mass is 9.83. The molecule has 0 atom stereocenters. The van der Waals surface area contributed by atoms with Crippen molar-refractivity contribution in [2.45, 2.75) is 24.9 Å². The molecule has 2 aromatic rings. The molecular formula is C21H21NO4. The number of methoxy groups -OCH3 is 1. The predicted molar refractivity (Wildman–Crippen MR) is 96.0 cm³/mol. The Morgan fingerprint density at radius 2 is 1.81 bits per heavy atom. The van der Waals surface area contributed by atoms with Crippen molar-refractivity contribution in [3.05, 3.63) is 65.2 Å². The molecule has 0 aliphatic carbocycles. The van der Waals surface area contributed by atoms with Crippen LogP contribution in [0.3, 0.4) is 0 Å². The van der Waals surface area contributed by atoms with E-state index in [9.17, 15) is 9.59 Å². The van der Waals surface area contributed by atoms with E-state index in [1.165, 1.54) is 0 Å². The van der Waals surface area contributed by atoms with Gasteiger partial charge in [-0.05, 0) is 23.8 Å². The zero-order chi connectivity index (χ0) is 18.1. The van der Waals surface area contributed by atoms with E-state index in [1.54, 1.807) is 7.11 Å². The van der Waals surface area contributed by atoms with Crippen molar-refractivity contribution in [3.8, 4) is 5.75 Å². The Kier molecular flexibility index (Phi) is 4.15. The molecule has 1 fully saturated rings. The van der Waals surface area contributed by atoms with Gasteiger partial charge in [0.1, 0.15) is 11.4 Å². The van der Waals surface area contributed by atoms with Gasteiger partial charge in [-0.15, -0.1) is 0 Å². The molecule has 5 heteroatoms. The van der Waals surface area contributed by atoms with Gasteiger partial charge < -0.3 is 14.4 Å². The number of likely N-dealkylation sites (tertiary alicyclic amines) is 1. The smallest absolute Gasteiger partial charge is 0.339 e. The molecule has 4 rings (SSSR count). The lowest BCUT2D eigenvalue weighted by Crippen LogP contribution is -2.45. The Balaban J connectivity index is 1.42. The summed E-state index contributed by atoms with van der Waals surface area (Å²) < 4.78 is 10.9. The van der Waals surface area contributed by atoms with Crippen LogP contribution >= 0.6 is 0 Å². The molecule has 134 valence electrons. The largest absolute Gasteiger partial charge is 0.497 e. The Labute approximate surface area is 152 Å². The van der Waals surface area contributed by atoms with Crippen LogP contribution in [0.5, 0.6) is 5.75 Å². The van der Waals surface area contributed by atoms with Gasteiger partial charge >= 0.3 is 5.97 Å². The SMILES string of the molecule is COc1ccc(CC(=O)N2CCC3(CC2)OC(=O)c2ccccc23)cc1. The summed E-state index contributed by atoms with van der Waals surface area (Å²) in [7, 11) is 1.62. The summed E-state index contributed by atoms with van der Waals surface area (Å²) in [5.41, 5.74) is 2.02. The molecule has 2 aromatic carbocycles. The highest BCUT2D eigenvalue weighted by Crippen LogP contribution is 2.43. The predicted octanol–water partition coefficient (Wildman–Crippen LogP) is 2.93. The summed E-state index contributed by atoms with van der Waals surface area (Å²) in [5, 5.41) is 0. The van der Waals surface area contributed by atoms with Crippen molar-refractivity contribution in [1.29, 1.82) is 0 Å². The van der Waals surface area contributed by atoms with Gasteiger partial charge in [0, 0.05) is 31.5 Å². The number of fused-ring (bicyclic) bond motifs is 2. The first-order valence-corrected chi connectivity index (χ1v) is 8.85. The summed E-state index contributed by atoms with van der Waals surface area (Å²) in [4.78, 5) is 26.6. The van der Waals surface area contributed by atoms with Gasteiger partial charge in [-0.25, -0.2) is 4.79 Å². The average molecular weight is 351 g/mol. The molecule has 0 radical (unpaired) electrons. The van der Waals surface area contributed by atoms with Crippen molar-refractivity contribution < 1.29 is 19.1 Å². The van der Waals surface area contributed by atoms with Gasteiger partial charge in [-0.2, -0.15) is 0 Å². The number of amides is 1. The zero-order valence-corrected chi connectivity index (χ0v) is 14.7. The van der Waals surface area contributed by atoms with E-state index in [1.807, 2.05) is 53.4 Å². The molecule has 2 aliphatic rings. The van der Waals surface area contributed by atoms with Gasteiger partial charge in [0.05, 0.1) is 19.1 Å². The first-order valence-electron chi connectivity index (χ1n) is 8.85. The average Bonchev–Trinajstić information content (AvgIpc) is 2.95. The topological polar surface area (TPSA) is 55.8 Å². The molecule has 0 N–H and O–H groups in total. The quantitative estimate of drug-likeness (QED) is 0.798. The van der Waals surface area contributed by atoms with E-state index < -0.39 is 5.60 Å². The molecule has 2 aliphatic heterocycles. The number of nitrogens with zero attached hydrogens (tertiary/aromatic N) is 1. The third-order valence-electron chi connectivity index (χ3n) is 5.36. The minimum absolute atomic E-state index is 0.0997. The van der Waals surface area contributed by atoms with Crippen LogP contribution in [0.1, 0.15) is 34.3 Å². The molecule has 1 spiro atoms. The van der Waals surface area contributed by atoms with E-state index in [0.717, 1.165) is 16.9 Å². The molecule has 2 heterocycles. The van der Waals surface area contributed by atoms with Crippen LogP contribution in [0.4, 0.5) is 0 Å². The van der Waals surface area contributed by atoms with Gasteiger partial charge in [0.15, 0.2) is 0 Å². The lowest BCUT2D eigenvalue weighted by Gasteiger charge is -2.38. The van der Waals surface area contributed by atoms with Crippen LogP contribution in [0.15, 0.2) is 48.5 Å². The van der Waals surface area contributed by atoms with E-state index in [0.29, 0.717) is 37.9 Å². The number of esters is 1. The summed E-state index contributed by atoms with van der Waals surface area (Å²) in [6, 6.07) is 15.1. The summed E-state index contributed by atoms with van der Waals surface area (Å²) in [6.45, 7) is 1.19. The van der Waals surface area contributed by atoms with Crippen molar-refractivity contribution in [3.63, 3.8) is 0 Å². The monoisotopic (exact) mass is 351 g/mol. The fourth-order valence-electron chi connectivity index (χ4n) is 3.86. The van der Waals surface area contributed by atoms with Crippen LogP contribution in [0.25, 0.3) is 0 Å². The van der Waals surface area contributed by atoms with Gasteiger partial charge in [-0.1, -0.05) is 30.3 Å². The van der Waals surface area contributed by atoms with Crippen molar-refractivity contribution >= 4 is 11.9 Å². The van der Waals surface area contributed by atoms with E-state index in [4.69, 9.17) is 9.47 Å². The van der Waals surface area contributed by atoms with Crippen LogP contribution in [-0.2, 0) is 21.6 Å². The molecule has 0 aromatic heterocycles. The molecule has 0 bridgehead atoms. The molecule has 1 amide bonds. The molecule has 0 unspecified atom stereocenters. The zero-order valence-electron chi connectivity index (χ0n) is 14.7. The highest BCUT2D eigenvalue weighted by atomic mass is 16.6. The van der Waals surface area contributed by atoms with Crippen LogP contribution in [0.2, 0.25) is 0 Å². The molecule has 1 saturated heterocycles. The molecule has 26 heavy (non-hydrogen) atoms.